The van der Waals surface area contributed by atoms with E-state index in [0.717, 1.165) is 0 Å². The number of fused-ring (bicyclic) bond motifs is 1. The molecule has 0 radical (unpaired) electrons. The van der Waals surface area contributed by atoms with Crippen molar-refractivity contribution < 1.29 is 29.3 Å². The third-order valence-electron chi connectivity index (χ3n) is 5.00. The highest BCUT2D eigenvalue weighted by atomic mass is 16.5. The highest BCUT2D eigenvalue weighted by Gasteiger charge is 2.19. The Morgan fingerprint density at radius 1 is 1.00 bits per heavy atom. The molecule has 0 atom stereocenters. The minimum Gasteiger partial charge on any atom is -0.504 e. The zero-order chi connectivity index (χ0) is 23.7. The number of imidazole rings is 1. The number of carbonyl (C=O) groups is 2. The molecule has 4 aromatic rings. The van der Waals surface area contributed by atoms with Gasteiger partial charge in [-0.15, -0.1) is 10.2 Å². The van der Waals surface area contributed by atoms with Gasteiger partial charge in [-0.05, 0) is 36.4 Å². The number of ether oxygens (including phenoxy) is 2. The van der Waals surface area contributed by atoms with Gasteiger partial charge >= 0.3 is 0 Å². The van der Waals surface area contributed by atoms with Gasteiger partial charge in [0.1, 0.15) is 0 Å². The molecule has 0 amide bonds. The van der Waals surface area contributed by atoms with E-state index >= 15 is 0 Å². The highest BCUT2D eigenvalue weighted by Crippen LogP contribution is 2.27. The molecule has 0 saturated heterocycles. The number of hydrogen-bond acceptors (Lipinski definition) is 10. The van der Waals surface area contributed by atoms with Crippen LogP contribution in [-0.4, -0.2) is 55.6 Å². The van der Waals surface area contributed by atoms with Gasteiger partial charge in [-0.3, -0.25) is 9.59 Å². The number of Topliss-reactive ketones (excluding diaryl/α,β-unsaturated/α-hetero) is 2. The molecule has 4 N–H and O–H groups in total. The zero-order valence-electron chi connectivity index (χ0n) is 17.6. The number of hydrogen-bond donors (Lipinski definition) is 3. The number of nitrogen functional groups attached to an aromatic ring is 1. The number of nitrogens with zero attached hydrogens (tertiary/aromatic N) is 4. The van der Waals surface area contributed by atoms with Gasteiger partial charge in [0.2, 0.25) is 5.95 Å². The Kier molecular flexibility index (Phi) is 5.53. The van der Waals surface area contributed by atoms with Crippen molar-refractivity contribution in [3.63, 3.8) is 0 Å². The number of methoxy groups -OCH3 is 2. The summed E-state index contributed by atoms with van der Waals surface area (Å²) in [6, 6.07) is 8.45. The summed E-state index contributed by atoms with van der Waals surface area (Å²) in [5, 5.41) is 27.6. The second-order valence-corrected chi connectivity index (χ2v) is 7.02. The number of aromatic hydroxyl groups is 2. The van der Waals surface area contributed by atoms with Crippen LogP contribution in [0.3, 0.4) is 0 Å². The van der Waals surface area contributed by atoms with Crippen LogP contribution in [0.25, 0.3) is 11.9 Å². The first-order valence-corrected chi connectivity index (χ1v) is 9.64. The normalized spacial score (nSPS) is 11.6. The van der Waals surface area contributed by atoms with Crippen LogP contribution in [0.1, 0.15) is 26.4 Å². The summed E-state index contributed by atoms with van der Waals surface area (Å²) < 4.78 is 11.4. The molecule has 0 fully saturated rings. The van der Waals surface area contributed by atoms with Crippen molar-refractivity contribution in [3.05, 3.63) is 58.6 Å². The van der Waals surface area contributed by atoms with E-state index in [0.29, 0.717) is 0 Å². The number of nitrogens with two attached hydrogens (primary N) is 1. The third kappa shape index (κ3) is 3.99. The van der Waals surface area contributed by atoms with Crippen LogP contribution in [0.2, 0.25) is 0 Å². The Hall–Kier alpha value is -4.67. The molecular weight excluding hydrogens is 430 g/mol. The summed E-state index contributed by atoms with van der Waals surface area (Å²) in [6.07, 6.45) is 1.07. The molecule has 0 aliphatic carbocycles. The van der Waals surface area contributed by atoms with E-state index in [-0.39, 0.29) is 69.1 Å². The minimum atomic E-state index is -0.463. The second kappa shape index (κ2) is 8.46. The van der Waals surface area contributed by atoms with Crippen molar-refractivity contribution in [2.45, 2.75) is 6.42 Å². The third-order valence-corrected chi connectivity index (χ3v) is 5.00. The fraction of sp³-hybridized carbons (Fsp3) is 0.136. The van der Waals surface area contributed by atoms with E-state index in [2.05, 4.69) is 15.2 Å². The molecule has 2 aromatic carbocycles. The smallest absolute Gasteiger partial charge is 0.257 e. The summed E-state index contributed by atoms with van der Waals surface area (Å²) in [5.41, 5.74) is 6.63. The first-order chi connectivity index (χ1) is 15.8. The van der Waals surface area contributed by atoms with Gasteiger partial charge in [-0.25, -0.2) is 9.38 Å². The molecule has 4 rings (SSSR count). The maximum atomic E-state index is 12.9. The Morgan fingerprint density at radius 2 is 1.73 bits per heavy atom. The van der Waals surface area contributed by atoms with E-state index in [4.69, 9.17) is 15.2 Å². The van der Waals surface area contributed by atoms with Gasteiger partial charge in [-0.2, -0.15) is 0 Å². The second-order valence-electron chi connectivity index (χ2n) is 7.02. The van der Waals surface area contributed by atoms with Crippen LogP contribution in [0, 0.1) is 0 Å². The predicted molar refractivity (Wildman–Crippen MR) is 117 cm³/mol. The molecule has 168 valence electrons. The van der Waals surface area contributed by atoms with Crippen molar-refractivity contribution in [1.29, 1.82) is 0 Å². The SMILES string of the molecule is COc1ccc(C(=O)/C=c2\c(CC(=O)c3ccc(O)c(OC)c3)nc3nnc(N)n23)cc1O. The summed E-state index contributed by atoms with van der Waals surface area (Å²) in [4.78, 5) is 30.1. The zero-order valence-corrected chi connectivity index (χ0v) is 17.6. The van der Waals surface area contributed by atoms with Gasteiger partial charge < -0.3 is 25.4 Å². The van der Waals surface area contributed by atoms with Crippen LogP contribution in [0.15, 0.2) is 36.4 Å². The topological polar surface area (TPSA) is 162 Å². The summed E-state index contributed by atoms with van der Waals surface area (Å²) in [5.74, 6) is -0.568. The number of anilines is 1. The van der Waals surface area contributed by atoms with Crippen molar-refractivity contribution in [1.82, 2.24) is 19.6 Å². The lowest BCUT2D eigenvalue weighted by atomic mass is 10.0. The van der Waals surface area contributed by atoms with E-state index < -0.39 is 5.78 Å². The van der Waals surface area contributed by atoms with Crippen LogP contribution in [0.5, 0.6) is 23.0 Å². The average molecular weight is 449 g/mol. The molecule has 0 bridgehead atoms. The largest absolute Gasteiger partial charge is 0.504 e. The lowest BCUT2D eigenvalue weighted by molar-refractivity contribution is 0.0990. The van der Waals surface area contributed by atoms with Crippen molar-refractivity contribution in [3.8, 4) is 23.0 Å². The Labute approximate surface area is 186 Å². The highest BCUT2D eigenvalue weighted by molar-refractivity contribution is 6.17. The van der Waals surface area contributed by atoms with Crippen LogP contribution < -0.4 is 20.6 Å². The van der Waals surface area contributed by atoms with Crippen molar-refractivity contribution in [2.75, 3.05) is 20.0 Å². The van der Waals surface area contributed by atoms with Gasteiger partial charge in [-0.1, -0.05) is 0 Å². The average Bonchev–Trinajstić information content (AvgIpc) is 3.33. The minimum absolute atomic E-state index is 0.000806. The number of phenolic OH excluding ortho intramolecular Hbond substituents is 2. The molecule has 2 aromatic heterocycles. The summed E-state index contributed by atoms with van der Waals surface area (Å²) in [6.45, 7) is 0. The first kappa shape index (κ1) is 21.6. The van der Waals surface area contributed by atoms with E-state index in [1.54, 1.807) is 0 Å². The Bertz CT molecular complexity index is 1450. The molecular formula is C22H19N5O6. The van der Waals surface area contributed by atoms with E-state index in [9.17, 15) is 19.8 Å². The number of ketones is 2. The number of phenols is 2. The van der Waals surface area contributed by atoms with E-state index in [1.165, 1.54) is 61.1 Å². The quantitative estimate of drug-likeness (QED) is 0.346. The van der Waals surface area contributed by atoms with Crippen LogP contribution in [0.4, 0.5) is 5.95 Å². The van der Waals surface area contributed by atoms with Gasteiger partial charge in [0.15, 0.2) is 34.6 Å². The maximum absolute atomic E-state index is 12.9. The number of rotatable bonds is 7. The fourth-order valence-electron chi connectivity index (χ4n) is 3.33. The Balaban J connectivity index is 1.76. The summed E-state index contributed by atoms with van der Waals surface area (Å²) in [7, 11) is 2.78. The number of benzene rings is 2. The number of aromatic nitrogens is 4. The predicted octanol–water partition coefficient (Wildman–Crippen LogP) is 0.943. The molecule has 0 aliphatic heterocycles. The molecule has 0 spiro atoms. The number of carbonyl (C=O) groups excluding carboxylic acids is 2. The monoisotopic (exact) mass is 449 g/mol. The molecule has 11 nitrogen and oxygen atoms in total. The van der Waals surface area contributed by atoms with Crippen LogP contribution in [-0.2, 0) is 6.42 Å². The lowest BCUT2D eigenvalue weighted by Gasteiger charge is -2.06. The fourth-order valence-corrected chi connectivity index (χ4v) is 3.33. The molecule has 0 aliphatic rings. The van der Waals surface area contributed by atoms with Crippen molar-refractivity contribution in [2.24, 2.45) is 0 Å². The molecule has 0 unspecified atom stereocenters. The lowest BCUT2D eigenvalue weighted by Crippen LogP contribution is -2.20. The van der Waals surface area contributed by atoms with Gasteiger partial charge in [0.05, 0.1) is 31.7 Å². The Morgan fingerprint density at radius 3 is 2.42 bits per heavy atom. The standard InChI is InChI=1S/C22H19N5O6/c1-32-19-6-4-11(7-18(19)31)17(30)10-14-13(24-22-26-25-21(23)27(14)22)9-16(29)12-3-5-15(28)20(8-12)33-2/h3-8,10,28,31H,9H2,1-2H3,(H2,23,25)/b14-10+. The molecule has 11 heteroatoms. The molecule has 33 heavy (non-hydrogen) atoms. The summed E-state index contributed by atoms with van der Waals surface area (Å²) >= 11 is 0. The van der Waals surface area contributed by atoms with Gasteiger partial charge in [0, 0.05) is 17.2 Å². The molecule has 2 heterocycles. The first-order valence-electron chi connectivity index (χ1n) is 9.64. The van der Waals surface area contributed by atoms with Crippen molar-refractivity contribution >= 4 is 29.4 Å². The van der Waals surface area contributed by atoms with Crippen LogP contribution >= 0.6 is 0 Å². The van der Waals surface area contributed by atoms with E-state index in [1.807, 2.05) is 0 Å². The molecule has 0 saturated carbocycles. The maximum Gasteiger partial charge on any atom is 0.257 e. The van der Waals surface area contributed by atoms with Gasteiger partial charge in [0.25, 0.3) is 5.78 Å².